The van der Waals surface area contributed by atoms with E-state index in [0.717, 1.165) is 0 Å². The first-order valence-corrected chi connectivity index (χ1v) is 11.8. The summed E-state index contributed by atoms with van der Waals surface area (Å²) < 4.78 is 76.4. The Morgan fingerprint density at radius 2 is 1.67 bits per heavy atom. The van der Waals surface area contributed by atoms with Crippen LogP contribution in [0.2, 0.25) is 0 Å². The first-order valence-electron chi connectivity index (χ1n) is 10.4. The van der Waals surface area contributed by atoms with Gasteiger partial charge >= 0.3 is 27.6 Å². The van der Waals surface area contributed by atoms with Gasteiger partial charge in [-0.15, -0.1) is 0 Å². The Morgan fingerprint density at radius 1 is 1.09 bits per heavy atom. The molecule has 0 amide bonds. The van der Waals surface area contributed by atoms with Crippen LogP contribution in [0.15, 0.2) is 6.07 Å². The average molecular weight is 499 g/mol. The van der Waals surface area contributed by atoms with E-state index < -0.39 is 39.0 Å². The van der Waals surface area contributed by atoms with E-state index in [2.05, 4.69) is 9.17 Å². The number of ether oxygens (including phenoxy) is 2. The third-order valence-electron chi connectivity index (χ3n) is 4.60. The van der Waals surface area contributed by atoms with Gasteiger partial charge < -0.3 is 18.6 Å². The molecule has 0 aliphatic heterocycles. The van der Waals surface area contributed by atoms with E-state index in [4.69, 9.17) is 9.47 Å². The summed E-state index contributed by atoms with van der Waals surface area (Å²) in [6, 6.07) is 1.16. The van der Waals surface area contributed by atoms with Crippen molar-refractivity contribution in [2.45, 2.75) is 65.4 Å². The smallest absolute Gasteiger partial charge is 0.466 e. The highest BCUT2D eigenvalue weighted by molar-refractivity contribution is 7.88. The van der Waals surface area contributed by atoms with Crippen LogP contribution in [-0.4, -0.2) is 56.6 Å². The number of esters is 2. The number of pyridine rings is 1. The van der Waals surface area contributed by atoms with Gasteiger partial charge in [0.2, 0.25) is 0 Å². The Bertz CT molecular complexity index is 932. The highest BCUT2D eigenvalue weighted by Crippen LogP contribution is 2.35. The summed E-state index contributed by atoms with van der Waals surface area (Å²) in [7, 11) is -6.11. The Balaban J connectivity index is 3.73. The fourth-order valence-corrected chi connectivity index (χ4v) is 3.56. The lowest BCUT2D eigenvalue weighted by atomic mass is 10.1. The van der Waals surface area contributed by atoms with E-state index in [-0.39, 0.29) is 43.6 Å². The molecule has 9 nitrogen and oxygen atoms in total. The summed E-state index contributed by atoms with van der Waals surface area (Å²) in [6.07, 6.45) is 1.03. The molecular formula is C20H29F3N2O7S. The lowest BCUT2D eigenvalue weighted by Gasteiger charge is -2.34. The van der Waals surface area contributed by atoms with Crippen molar-refractivity contribution in [3.8, 4) is 5.88 Å². The molecule has 0 N–H and O–H groups in total. The molecule has 1 rings (SSSR count). The van der Waals surface area contributed by atoms with Gasteiger partial charge in [-0.05, 0) is 39.7 Å². The van der Waals surface area contributed by atoms with Gasteiger partial charge in [-0.2, -0.15) is 21.6 Å². The fourth-order valence-electron chi connectivity index (χ4n) is 3.14. The number of anilines is 1. The lowest BCUT2D eigenvalue weighted by Crippen LogP contribution is -2.38. The SMILES string of the molecule is CCOC(=O)CCN(c1cc(C)nc(OS(=O)(=O)C(F)(F)F)c1C(=O)OCC)C(CC)CC. The topological polar surface area (TPSA) is 112 Å². The zero-order valence-electron chi connectivity index (χ0n) is 19.2. The Labute approximate surface area is 191 Å². The zero-order chi connectivity index (χ0) is 25.4. The molecule has 0 saturated carbocycles. The number of nitrogens with zero attached hydrogens (tertiary/aromatic N) is 2. The second-order valence-electron chi connectivity index (χ2n) is 6.89. The minimum Gasteiger partial charge on any atom is -0.466 e. The average Bonchev–Trinajstić information content (AvgIpc) is 2.69. The van der Waals surface area contributed by atoms with E-state index in [1.807, 2.05) is 13.8 Å². The first kappa shape index (κ1) is 28.5. The molecule has 0 unspecified atom stereocenters. The van der Waals surface area contributed by atoms with E-state index in [0.29, 0.717) is 12.8 Å². The highest BCUT2D eigenvalue weighted by atomic mass is 32.2. The molecule has 1 heterocycles. The molecular weight excluding hydrogens is 469 g/mol. The Morgan fingerprint density at radius 3 is 2.15 bits per heavy atom. The molecule has 33 heavy (non-hydrogen) atoms. The van der Waals surface area contributed by atoms with Gasteiger partial charge in [0.05, 0.1) is 25.3 Å². The molecule has 1 aromatic rings. The molecule has 0 aromatic carbocycles. The van der Waals surface area contributed by atoms with Crippen molar-refractivity contribution < 1.29 is 44.8 Å². The number of carbonyl (C=O) groups excluding carboxylic acids is 2. The Hall–Kier alpha value is -2.57. The summed E-state index contributed by atoms with van der Waals surface area (Å²) in [5, 5.41) is 0. The summed E-state index contributed by atoms with van der Waals surface area (Å²) in [5.41, 5.74) is -6.17. The van der Waals surface area contributed by atoms with Gasteiger partial charge in [-0.1, -0.05) is 13.8 Å². The molecule has 188 valence electrons. The van der Waals surface area contributed by atoms with E-state index in [9.17, 15) is 31.2 Å². The molecule has 0 saturated heterocycles. The van der Waals surface area contributed by atoms with Crippen molar-refractivity contribution in [1.29, 1.82) is 0 Å². The minimum atomic E-state index is -6.11. The van der Waals surface area contributed by atoms with Crippen molar-refractivity contribution in [3.05, 3.63) is 17.3 Å². The van der Waals surface area contributed by atoms with Gasteiger partial charge in [-0.25, -0.2) is 9.78 Å². The molecule has 0 atom stereocenters. The minimum absolute atomic E-state index is 0.0475. The van der Waals surface area contributed by atoms with Crippen molar-refractivity contribution in [3.63, 3.8) is 0 Å². The fraction of sp³-hybridized carbons (Fsp3) is 0.650. The number of aryl methyl sites for hydroxylation is 1. The monoisotopic (exact) mass is 498 g/mol. The van der Waals surface area contributed by atoms with Crippen LogP contribution in [0.1, 0.15) is 63.0 Å². The van der Waals surface area contributed by atoms with Crippen LogP contribution < -0.4 is 9.08 Å². The largest absolute Gasteiger partial charge is 0.534 e. The number of hydrogen-bond donors (Lipinski definition) is 0. The van der Waals surface area contributed by atoms with Crippen molar-refractivity contribution in [2.24, 2.45) is 0 Å². The molecule has 0 radical (unpaired) electrons. The predicted octanol–water partition coefficient (Wildman–Crippen LogP) is 3.74. The lowest BCUT2D eigenvalue weighted by molar-refractivity contribution is -0.142. The second-order valence-corrected chi connectivity index (χ2v) is 8.42. The van der Waals surface area contributed by atoms with E-state index in [1.54, 1.807) is 11.8 Å². The van der Waals surface area contributed by atoms with Crippen LogP contribution in [0.25, 0.3) is 0 Å². The van der Waals surface area contributed by atoms with Crippen LogP contribution in [-0.2, 0) is 24.4 Å². The number of alkyl halides is 3. The number of hydrogen-bond acceptors (Lipinski definition) is 9. The Kier molecular flexibility index (Phi) is 10.4. The van der Waals surface area contributed by atoms with Crippen LogP contribution >= 0.6 is 0 Å². The standard InChI is InChI=1S/C20H29F3N2O7S/c1-6-14(7-2)25(11-10-16(26)30-8-3)15-12-13(5)24-18(17(15)19(27)31-9-4)32-33(28,29)20(21,22)23/h12,14H,6-11H2,1-5H3. The molecule has 0 aliphatic rings. The van der Waals surface area contributed by atoms with Gasteiger partial charge in [0.15, 0.2) is 0 Å². The van der Waals surface area contributed by atoms with Gasteiger partial charge in [0.1, 0.15) is 5.56 Å². The molecule has 0 fully saturated rings. The summed E-state index contributed by atoms with van der Waals surface area (Å²) >= 11 is 0. The van der Waals surface area contributed by atoms with Crippen LogP contribution in [0, 0.1) is 6.92 Å². The van der Waals surface area contributed by atoms with Crippen molar-refractivity contribution in [2.75, 3.05) is 24.7 Å². The third kappa shape index (κ3) is 7.47. The zero-order valence-corrected chi connectivity index (χ0v) is 20.0. The van der Waals surface area contributed by atoms with Gasteiger partial charge in [-0.3, -0.25) is 4.79 Å². The quantitative estimate of drug-likeness (QED) is 0.242. The third-order valence-corrected chi connectivity index (χ3v) is 5.54. The maximum Gasteiger partial charge on any atom is 0.534 e. The first-order chi connectivity index (χ1) is 15.3. The van der Waals surface area contributed by atoms with Crippen LogP contribution in [0.4, 0.5) is 18.9 Å². The van der Waals surface area contributed by atoms with Crippen LogP contribution in [0.3, 0.4) is 0 Å². The number of aromatic nitrogens is 1. The normalized spacial score (nSPS) is 11.9. The molecule has 0 bridgehead atoms. The number of rotatable bonds is 12. The van der Waals surface area contributed by atoms with Crippen LogP contribution in [0.5, 0.6) is 5.88 Å². The van der Waals surface area contributed by atoms with Gasteiger partial charge in [0.25, 0.3) is 5.88 Å². The molecule has 0 aliphatic carbocycles. The maximum atomic E-state index is 13.0. The van der Waals surface area contributed by atoms with E-state index >= 15 is 0 Å². The van der Waals surface area contributed by atoms with Gasteiger partial charge in [0, 0.05) is 18.3 Å². The summed E-state index contributed by atoms with van der Waals surface area (Å²) in [6.45, 7) is 8.32. The molecule has 1 aromatic heterocycles. The predicted molar refractivity (Wildman–Crippen MR) is 113 cm³/mol. The molecule has 0 spiro atoms. The number of halogens is 3. The summed E-state index contributed by atoms with van der Waals surface area (Å²) in [4.78, 5) is 30.1. The molecule has 13 heteroatoms. The van der Waals surface area contributed by atoms with E-state index in [1.165, 1.54) is 19.9 Å². The van der Waals surface area contributed by atoms with Crippen molar-refractivity contribution >= 4 is 27.7 Å². The summed E-state index contributed by atoms with van der Waals surface area (Å²) in [5.74, 6) is -2.67. The van der Waals surface area contributed by atoms with Crippen molar-refractivity contribution in [1.82, 2.24) is 4.98 Å². The highest BCUT2D eigenvalue weighted by Gasteiger charge is 2.49. The number of carbonyl (C=O) groups is 2. The second kappa shape index (κ2) is 12.1. The maximum absolute atomic E-state index is 13.0.